The summed E-state index contributed by atoms with van der Waals surface area (Å²) in [5.41, 5.74) is 0.820. The van der Waals surface area contributed by atoms with Crippen LogP contribution in [0.2, 0.25) is 0 Å². The summed E-state index contributed by atoms with van der Waals surface area (Å²) in [6.45, 7) is 1.52. The van der Waals surface area contributed by atoms with Gasteiger partial charge in [0, 0.05) is 22.9 Å². The molecule has 4 heteroatoms. The lowest BCUT2D eigenvalue weighted by Gasteiger charge is -2.24. The van der Waals surface area contributed by atoms with Gasteiger partial charge in [0.2, 0.25) is 0 Å². The van der Waals surface area contributed by atoms with Gasteiger partial charge in [-0.15, -0.1) is 0 Å². The van der Waals surface area contributed by atoms with Crippen molar-refractivity contribution in [1.82, 2.24) is 0 Å². The van der Waals surface area contributed by atoms with Crippen molar-refractivity contribution in [3.63, 3.8) is 0 Å². The normalized spacial score (nSPS) is 17.4. The zero-order valence-electron chi connectivity index (χ0n) is 8.99. The molecule has 1 aromatic carbocycles. The number of halogens is 1. The van der Waals surface area contributed by atoms with E-state index in [1.807, 2.05) is 18.2 Å². The molecule has 0 aromatic heterocycles. The fourth-order valence-corrected chi connectivity index (χ4v) is 2.17. The highest BCUT2D eigenvalue weighted by Gasteiger charge is 2.16. The highest BCUT2D eigenvalue weighted by atomic mass is 79.9. The summed E-state index contributed by atoms with van der Waals surface area (Å²) in [6, 6.07) is 5.70. The fraction of sp³-hybridized carbons (Fsp3) is 0.500. The zero-order chi connectivity index (χ0) is 11.4. The minimum atomic E-state index is -0.00199. The van der Waals surface area contributed by atoms with Gasteiger partial charge in [-0.25, -0.2) is 0 Å². The molecule has 1 fully saturated rings. The lowest BCUT2D eigenvalue weighted by atomic mass is 10.1. The molecule has 0 unspecified atom stereocenters. The van der Waals surface area contributed by atoms with Crippen molar-refractivity contribution < 1.29 is 14.6 Å². The third kappa shape index (κ3) is 2.97. The van der Waals surface area contributed by atoms with Crippen molar-refractivity contribution in [2.24, 2.45) is 0 Å². The lowest BCUT2D eigenvalue weighted by Crippen LogP contribution is -2.26. The van der Waals surface area contributed by atoms with Crippen LogP contribution in [0.1, 0.15) is 18.4 Å². The summed E-state index contributed by atoms with van der Waals surface area (Å²) >= 11 is 3.38. The molecule has 88 valence electrons. The smallest absolute Gasteiger partial charge is 0.125 e. The summed E-state index contributed by atoms with van der Waals surface area (Å²) in [7, 11) is 0. The van der Waals surface area contributed by atoms with E-state index in [1.54, 1.807) is 0 Å². The highest BCUT2D eigenvalue weighted by molar-refractivity contribution is 9.10. The third-order valence-corrected chi connectivity index (χ3v) is 3.15. The van der Waals surface area contributed by atoms with Crippen molar-refractivity contribution in [3.8, 4) is 5.75 Å². The van der Waals surface area contributed by atoms with Crippen LogP contribution in [0.5, 0.6) is 5.75 Å². The van der Waals surface area contributed by atoms with Gasteiger partial charge >= 0.3 is 0 Å². The van der Waals surface area contributed by atoms with Crippen molar-refractivity contribution in [2.45, 2.75) is 25.6 Å². The van der Waals surface area contributed by atoms with Crippen molar-refractivity contribution in [2.75, 3.05) is 13.2 Å². The Labute approximate surface area is 104 Å². The number of hydrogen-bond acceptors (Lipinski definition) is 3. The molecular formula is C12H15BrO3. The molecule has 0 saturated carbocycles. The van der Waals surface area contributed by atoms with Crippen LogP contribution < -0.4 is 4.74 Å². The molecule has 1 N–H and O–H groups in total. The minimum Gasteiger partial charge on any atom is -0.490 e. The van der Waals surface area contributed by atoms with Crippen LogP contribution >= 0.6 is 15.9 Å². The summed E-state index contributed by atoms with van der Waals surface area (Å²) in [6.07, 6.45) is 2.04. The maximum atomic E-state index is 9.25. The van der Waals surface area contributed by atoms with Crippen LogP contribution in [-0.2, 0) is 11.3 Å². The van der Waals surface area contributed by atoms with Gasteiger partial charge in [0.15, 0.2) is 0 Å². The van der Waals surface area contributed by atoms with Crippen LogP contribution in [0.15, 0.2) is 22.7 Å². The maximum Gasteiger partial charge on any atom is 0.125 e. The van der Waals surface area contributed by atoms with Crippen molar-refractivity contribution in [1.29, 1.82) is 0 Å². The molecule has 0 spiro atoms. The van der Waals surface area contributed by atoms with Crippen LogP contribution in [0.3, 0.4) is 0 Å². The summed E-state index contributed by atoms with van der Waals surface area (Å²) in [5.74, 6) is 0.776. The van der Waals surface area contributed by atoms with E-state index in [4.69, 9.17) is 9.47 Å². The van der Waals surface area contributed by atoms with E-state index < -0.39 is 0 Å². The molecule has 1 aromatic rings. The Morgan fingerprint density at radius 1 is 1.38 bits per heavy atom. The topological polar surface area (TPSA) is 38.7 Å². The molecule has 3 nitrogen and oxygen atoms in total. The number of rotatable bonds is 3. The molecule has 1 heterocycles. The first-order valence-corrected chi connectivity index (χ1v) is 6.22. The predicted octanol–water partition coefficient (Wildman–Crippen LogP) is 2.50. The Hall–Kier alpha value is -0.580. The second kappa shape index (κ2) is 5.66. The maximum absolute atomic E-state index is 9.25. The molecule has 0 aliphatic carbocycles. The second-order valence-corrected chi connectivity index (χ2v) is 4.76. The molecule has 0 atom stereocenters. The first-order valence-electron chi connectivity index (χ1n) is 5.43. The van der Waals surface area contributed by atoms with E-state index in [0.717, 1.165) is 41.8 Å². The quantitative estimate of drug-likeness (QED) is 0.928. The van der Waals surface area contributed by atoms with E-state index in [0.29, 0.717) is 0 Å². The molecule has 0 radical (unpaired) electrons. The van der Waals surface area contributed by atoms with Gasteiger partial charge in [-0.3, -0.25) is 0 Å². The predicted molar refractivity (Wildman–Crippen MR) is 64.5 cm³/mol. The van der Waals surface area contributed by atoms with E-state index in [9.17, 15) is 5.11 Å². The first kappa shape index (κ1) is 11.9. The Balaban J connectivity index is 2.07. The van der Waals surface area contributed by atoms with E-state index >= 15 is 0 Å². The Bertz CT molecular complexity index is 348. The number of ether oxygens (including phenoxy) is 2. The zero-order valence-corrected chi connectivity index (χ0v) is 10.6. The number of aliphatic hydroxyl groups excluding tert-OH is 1. The van der Waals surface area contributed by atoms with Gasteiger partial charge in [0.05, 0.1) is 19.8 Å². The molecule has 0 bridgehead atoms. The second-order valence-electron chi connectivity index (χ2n) is 3.84. The number of hydrogen-bond donors (Lipinski definition) is 1. The molecule has 2 rings (SSSR count). The Morgan fingerprint density at radius 2 is 2.12 bits per heavy atom. The lowest BCUT2D eigenvalue weighted by molar-refractivity contribution is 0.0247. The standard InChI is InChI=1S/C12H15BrO3/c13-10-1-2-12(9(7-10)8-14)16-11-3-5-15-6-4-11/h1-2,7,11,14H,3-6,8H2. The van der Waals surface area contributed by atoms with E-state index in [2.05, 4.69) is 15.9 Å². The molecule has 1 aliphatic rings. The van der Waals surface area contributed by atoms with Crippen molar-refractivity contribution >= 4 is 15.9 Å². The average Bonchev–Trinajstić information content (AvgIpc) is 2.33. The van der Waals surface area contributed by atoms with Gasteiger partial charge in [-0.2, -0.15) is 0 Å². The molecule has 0 amide bonds. The average molecular weight is 287 g/mol. The Morgan fingerprint density at radius 3 is 2.81 bits per heavy atom. The SMILES string of the molecule is OCc1cc(Br)ccc1OC1CCOCC1. The summed E-state index contributed by atoms with van der Waals surface area (Å²) in [4.78, 5) is 0. The summed E-state index contributed by atoms with van der Waals surface area (Å²) in [5, 5.41) is 9.25. The van der Waals surface area contributed by atoms with Crippen LogP contribution in [-0.4, -0.2) is 24.4 Å². The first-order chi connectivity index (χ1) is 7.79. The van der Waals surface area contributed by atoms with Gasteiger partial charge < -0.3 is 14.6 Å². The molecule has 16 heavy (non-hydrogen) atoms. The monoisotopic (exact) mass is 286 g/mol. The number of benzene rings is 1. The van der Waals surface area contributed by atoms with E-state index in [1.165, 1.54) is 0 Å². The fourth-order valence-electron chi connectivity index (χ4n) is 1.76. The van der Waals surface area contributed by atoms with Gasteiger partial charge in [0.25, 0.3) is 0 Å². The molecular weight excluding hydrogens is 272 g/mol. The minimum absolute atomic E-state index is 0.00199. The van der Waals surface area contributed by atoms with Crippen molar-refractivity contribution in [3.05, 3.63) is 28.2 Å². The molecule has 1 aliphatic heterocycles. The highest BCUT2D eigenvalue weighted by Crippen LogP contribution is 2.26. The third-order valence-electron chi connectivity index (χ3n) is 2.65. The van der Waals surface area contributed by atoms with Gasteiger partial charge in [0.1, 0.15) is 11.9 Å². The van der Waals surface area contributed by atoms with Gasteiger partial charge in [-0.05, 0) is 18.2 Å². The van der Waals surface area contributed by atoms with Crippen LogP contribution in [0.25, 0.3) is 0 Å². The molecule has 1 saturated heterocycles. The Kier molecular flexibility index (Phi) is 4.21. The van der Waals surface area contributed by atoms with Crippen LogP contribution in [0, 0.1) is 0 Å². The van der Waals surface area contributed by atoms with Crippen LogP contribution in [0.4, 0.5) is 0 Å². The van der Waals surface area contributed by atoms with Gasteiger partial charge in [-0.1, -0.05) is 15.9 Å². The van der Waals surface area contributed by atoms with E-state index in [-0.39, 0.29) is 12.7 Å². The largest absolute Gasteiger partial charge is 0.490 e. The number of aliphatic hydroxyl groups is 1. The summed E-state index contributed by atoms with van der Waals surface area (Å²) < 4.78 is 12.1.